The van der Waals surface area contributed by atoms with Gasteiger partial charge in [0.15, 0.2) is 0 Å². The van der Waals surface area contributed by atoms with Gasteiger partial charge in [-0.1, -0.05) is 29.8 Å². The van der Waals surface area contributed by atoms with E-state index in [1.807, 2.05) is 18.2 Å². The maximum absolute atomic E-state index is 11.6. The van der Waals surface area contributed by atoms with E-state index in [4.69, 9.17) is 21.1 Å². The molecule has 0 atom stereocenters. The molecular weight excluding hydrogens is 278 g/mol. The van der Waals surface area contributed by atoms with Crippen LogP contribution in [0.4, 0.5) is 0 Å². The maximum atomic E-state index is 11.6. The van der Waals surface area contributed by atoms with Crippen LogP contribution in [-0.4, -0.2) is 31.8 Å². The Morgan fingerprint density at radius 1 is 1.30 bits per heavy atom. The van der Waals surface area contributed by atoms with Crippen LogP contribution in [0.1, 0.15) is 24.8 Å². The van der Waals surface area contributed by atoms with Gasteiger partial charge >= 0.3 is 5.97 Å². The first-order valence-corrected chi connectivity index (χ1v) is 7.35. The van der Waals surface area contributed by atoms with Gasteiger partial charge in [0.25, 0.3) is 0 Å². The van der Waals surface area contributed by atoms with Crippen molar-refractivity contribution in [2.75, 3.05) is 19.7 Å². The van der Waals surface area contributed by atoms with E-state index in [1.165, 1.54) is 0 Å². The van der Waals surface area contributed by atoms with Crippen LogP contribution < -0.4 is 5.32 Å². The van der Waals surface area contributed by atoms with E-state index in [9.17, 15) is 4.79 Å². The number of hydrogen-bond donors (Lipinski definition) is 1. The molecule has 1 aliphatic heterocycles. The van der Waals surface area contributed by atoms with E-state index >= 15 is 0 Å². The standard InChI is InChI=1S/C15H20ClNO3/c16-14-4-2-1-3-12(14)11-20-15(18)7-10-19-13-5-8-17-9-6-13/h1-4,13,17H,5-11H2. The van der Waals surface area contributed by atoms with Gasteiger partial charge in [-0.05, 0) is 32.0 Å². The van der Waals surface area contributed by atoms with Gasteiger partial charge in [0.1, 0.15) is 6.61 Å². The highest BCUT2D eigenvalue weighted by Crippen LogP contribution is 2.16. The van der Waals surface area contributed by atoms with Crippen molar-refractivity contribution < 1.29 is 14.3 Å². The lowest BCUT2D eigenvalue weighted by atomic mass is 10.1. The summed E-state index contributed by atoms with van der Waals surface area (Å²) in [6.07, 6.45) is 2.57. The average Bonchev–Trinajstić information content (AvgIpc) is 2.47. The van der Waals surface area contributed by atoms with E-state index in [-0.39, 0.29) is 25.1 Å². The number of nitrogens with one attached hydrogen (secondary N) is 1. The predicted octanol–water partition coefficient (Wildman–Crippen LogP) is 2.54. The third kappa shape index (κ3) is 5.12. The van der Waals surface area contributed by atoms with Crippen LogP contribution in [-0.2, 0) is 20.9 Å². The van der Waals surface area contributed by atoms with Crippen LogP contribution in [0.5, 0.6) is 0 Å². The van der Waals surface area contributed by atoms with Crippen LogP contribution in [0.2, 0.25) is 5.02 Å². The van der Waals surface area contributed by atoms with Crippen molar-refractivity contribution in [1.82, 2.24) is 5.32 Å². The second kappa shape index (κ2) is 8.25. The molecule has 0 radical (unpaired) electrons. The summed E-state index contributed by atoms with van der Waals surface area (Å²) in [5, 5.41) is 3.89. The molecule has 1 aromatic carbocycles. The summed E-state index contributed by atoms with van der Waals surface area (Å²) < 4.78 is 10.8. The number of piperidine rings is 1. The minimum atomic E-state index is -0.251. The average molecular weight is 298 g/mol. The topological polar surface area (TPSA) is 47.6 Å². The number of esters is 1. The van der Waals surface area contributed by atoms with Gasteiger partial charge in [-0.2, -0.15) is 0 Å². The number of benzene rings is 1. The third-order valence-corrected chi connectivity index (χ3v) is 3.66. The number of carbonyl (C=O) groups is 1. The molecule has 1 saturated heterocycles. The zero-order valence-electron chi connectivity index (χ0n) is 11.4. The Bertz CT molecular complexity index is 433. The molecule has 1 heterocycles. The van der Waals surface area contributed by atoms with Gasteiger partial charge < -0.3 is 14.8 Å². The molecule has 20 heavy (non-hydrogen) atoms. The molecule has 1 fully saturated rings. The highest BCUT2D eigenvalue weighted by molar-refractivity contribution is 6.31. The molecule has 2 rings (SSSR count). The molecule has 0 aliphatic carbocycles. The first kappa shape index (κ1) is 15.3. The van der Waals surface area contributed by atoms with Crippen molar-refractivity contribution in [3.05, 3.63) is 34.9 Å². The lowest BCUT2D eigenvalue weighted by molar-refractivity contribution is -0.146. The Labute approximate surface area is 124 Å². The zero-order valence-corrected chi connectivity index (χ0v) is 12.2. The van der Waals surface area contributed by atoms with Gasteiger partial charge in [-0.25, -0.2) is 0 Å². The Morgan fingerprint density at radius 2 is 2.05 bits per heavy atom. The van der Waals surface area contributed by atoms with Crippen LogP contribution in [0, 0.1) is 0 Å². The highest BCUT2D eigenvalue weighted by atomic mass is 35.5. The van der Waals surface area contributed by atoms with Gasteiger partial charge in [-0.3, -0.25) is 4.79 Å². The predicted molar refractivity (Wildman–Crippen MR) is 77.7 cm³/mol. The number of ether oxygens (including phenoxy) is 2. The van der Waals surface area contributed by atoms with E-state index in [1.54, 1.807) is 6.07 Å². The van der Waals surface area contributed by atoms with Crippen LogP contribution in [0.15, 0.2) is 24.3 Å². The lowest BCUT2D eigenvalue weighted by Gasteiger charge is -2.22. The molecule has 0 saturated carbocycles. The molecule has 1 N–H and O–H groups in total. The fraction of sp³-hybridized carbons (Fsp3) is 0.533. The SMILES string of the molecule is O=C(CCOC1CCNCC1)OCc1ccccc1Cl. The monoisotopic (exact) mass is 297 g/mol. The fourth-order valence-corrected chi connectivity index (χ4v) is 2.31. The summed E-state index contributed by atoms with van der Waals surface area (Å²) in [6, 6.07) is 7.35. The molecule has 0 bridgehead atoms. The van der Waals surface area contributed by atoms with E-state index in [2.05, 4.69) is 5.32 Å². The van der Waals surface area contributed by atoms with Gasteiger partial charge in [-0.15, -0.1) is 0 Å². The maximum Gasteiger partial charge on any atom is 0.308 e. The highest BCUT2D eigenvalue weighted by Gasteiger charge is 2.14. The summed E-state index contributed by atoms with van der Waals surface area (Å²) in [5.41, 5.74) is 0.821. The summed E-state index contributed by atoms with van der Waals surface area (Å²) in [5.74, 6) is -0.251. The summed E-state index contributed by atoms with van der Waals surface area (Å²) in [6.45, 7) is 2.61. The number of halogens is 1. The fourth-order valence-electron chi connectivity index (χ4n) is 2.12. The minimum Gasteiger partial charge on any atom is -0.461 e. The Balaban J connectivity index is 1.62. The molecule has 110 valence electrons. The van der Waals surface area contributed by atoms with Crippen molar-refractivity contribution in [3.63, 3.8) is 0 Å². The first-order valence-electron chi connectivity index (χ1n) is 6.97. The molecule has 5 heteroatoms. The molecule has 4 nitrogen and oxygen atoms in total. The van der Waals surface area contributed by atoms with E-state index in [0.29, 0.717) is 11.6 Å². The summed E-state index contributed by atoms with van der Waals surface area (Å²) in [4.78, 5) is 11.6. The second-order valence-corrected chi connectivity index (χ2v) is 5.23. The largest absolute Gasteiger partial charge is 0.461 e. The number of rotatable bonds is 6. The molecule has 0 unspecified atom stereocenters. The molecular formula is C15H20ClNO3. The third-order valence-electron chi connectivity index (χ3n) is 3.29. The number of hydrogen-bond acceptors (Lipinski definition) is 4. The first-order chi connectivity index (χ1) is 9.75. The summed E-state index contributed by atoms with van der Waals surface area (Å²) in [7, 11) is 0. The Kier molecular flexibility index (Phi) is 6.30. The van der Waals surface area contributed by atoms with Crippen molar-refractivity contribution in [1.29, 1.82) is 0 Å². The molecule has 0 spiro atoms. The Hall–Kier alpha value is -1.10. The minimum absolute atomic E-state index is 0.214. The van der Waals surface area contributed by atoms with Crippen LogP contribution in [0.3, 0.4) is 0 Å². The quantitative estimate of drug-likeness (QED) is 0.820. The molecule has 0 aromatic heterocycles. The lowest BCUT2D eigenvalue weighted by Crippen LogP contribution is -2.32. The van der Waals surface area contributed by atoms with Crippen molar-refractivity contribution in [3.8, 4) is 0 Å². The molecule has 1 aromatic rings. The number of carbonyl (C=O) groups excluding carboxylic acids is 1. The van der Waals surface area contributed by atoms with Crippen molar-refractivity contribution in [2.24, 2.45) is 0 Å². The summed E-state index contributed by atoms with van der Waals surface area (Å²) >= 11 is 5.99. The van der Waals surface area contributed by atoms with E-state index in [0.717, 1.165) is 31.5 Å². The van der Waals surface area contributed by atoms with Crippen LogP contribution >= 0.6 is 11.6 Å². The molecule has 0 amide bonds. The smallest absolute Gasteiger partial charge is 0.308 e. The Morgan fingerprint density at radius 3 is 2.80 bits per heavy atom. The zero-order chi connectivity index (χ0) is 14.2. The van der Waals surface area contributed by atoms with Gasteiger partial charge in [0.05, 0.1) is 19.1 Å². The van der Waals surface area contributed by atoms with Crippen LogP contribution in [0.25, 0.3) is 0 Å². The van der Waals surface area contributed by atoms with Gasteiger partial charge in [0, 0.05) is 10.6 Å². The van der Waals surface area contributed by atoms with Crippen molar-refractivity contribution >= 4 is 17.6 Å². The van der Waals surface area contributed by atoms with Gasteiger partial charge in [0.2, 0.25) is 0 Å². The molecule has 1 aliphatic rings. The second-order valence-electron chi connectivity index (χ2n) is 4.82. The van der Waals surface area contributed by atoms with Crippen molar-refractivity contribution in [2.45, 2.75) is 32.0 Å². The normalized spacial score (nSPS) is 16.1. The van der Waals surface area contributed by atoms with E-state index < -0.39 is 0 Å².